The monoisotopic (exact) mass is 324 g/mol. The van der Waals surface area contributed by atoms with Crippen molar-refractivity contribution in [1.82, 2.24) is 20.1 Å². The minimum atomic E-state index is -1.39. The van der Waals surface area contributed by atoms with E-state index in [1.54, 1.807) is 6.07 Å². The molecule has 3 aromatic rings. The summed E-state index contributed by atoms with van der Waals surface area (Å²) in [7, 11) is 0. The molecule has 1 aliphatic heterocycles. The molecular weight excluding hydrogens is 311 g/mol. The molecule has 0 saturated heterocycles. The van der Waals surface area contributed by atoms with Crippen molar-refractivity contribution in [2.45, 2.75) is 5.54 Å². The lowest BCUT2D eigenvalue weighted by atomic mass is 9.93. The number of aromatic nitrogens is 2. The molecule has 2 aromatic heterocycles. The molecule has 0 bridgehead atoms. The lowest BCUT2D eigenvalue weighted by Crippen LogP contribution is -2.57. The molecule has 24 heavy (non-hydrogen) atoms. The van der Waals surface area contributed by atoms with Crippen LogP contribution in [0.4, 0.5) is 4.39 Å². The number of nitrogens with zero attached hydrogens (tertiary/aromatic N) is 3. The van der Waals surface area contributed by atoms with Crippen molar-refractivity contribution in [2.75, 3.05) is 0 Å². The Morgan fingerprint density at radius 3 is 2.96 bits per heavy atom. The Labute approximate surface area is 135 Å². The third kappa shape index (κ3) is 1.90. The van der Waals surface area contributed by atoms with Crippen molar-refractivity contribution < 1.29 is 9.18 Å². The zero-order valence-electron chi connectivity index (χ0n) is 12.4. The predicted molar refractivity (Wildman–Crippen MR) is 87.4 cm³/mol. The molecule has 0 spiro atoms. The first-order valence-electron chi connectivity index (χ1n) is 7.20. The summed E-state index contributed by atoms with van der Waals surface area (Å²) < 4.78 is 15.5. The molecule has 1 aliphatic rings. The quantitative estimate of drug-likeness (QED) is 0.371. The first kappa shape index (κ1) is 14.3. The summed E-state index contributed by atoms with van der Waals surface area (Å²) in [5.41, 5.74) is 2.97. The van der Waals surface area contributed by atoms with Crippen LogP contribution in [0, 0.1) is 5.82 Å². The number of amides is 1. The van der Waals surface area contributed by atoms with E-state index in [0.29, 0.717) is 16.7 Å². The van der Waals surface area contributed by atoms with E-state index >= 15 is 0 Å². The van der Waals surface area contributed by atoms with Gasteiger partial charge in [0, 0.05) is 30.9 Å². The van der Waals surface area contributed by atoms with Crippen LogP contribution in [0.3, 0.4) is 0 Å². The number of carbonyl (C=O) groups excluding carboxylic acids is 1. The Bertz CT molecular complexity index is 1020. The van der Waals surface area contributed by atoms with Gasteiger partial charge in [0.1, 0.15) is 11.5 Å². The lowest BCUT2D eigenvalue weighted by molar-refractivity contribution is -0.125. The number of hydrogen-bond donors (Lipinski definition) is 3. The van der Waals surface area contributed by atoms with Crippen molar-refractivity contribution in [3.8, 4) is 0 Å². The third-order valence-corrected chi connectivity index (χ3v) is 4.02. The van der Waals surface area contributed by atoms with E-state index in [-0.39, 0.29) is 0 Å². The molecule has 8 heteroatoms. The topological polar surface area (TPSA) is 96.8 Å². The summed E-state index contributed by atoms with van der Waals surface area (Å²) >= 11 is 0. The van der Waals surface area contributed by atoms with Gasteiger partial charge in [0.05, 0.1) is 16.6 Å². The average Bonchev–Trinajstić information content (AvgIpc) is 3.10. The number of nitrogens with two attached hydrogens (primary N) is 1. The third-order valence-electron chi connectivity index (χ3n) is 4.02. The number of hydrazine groups is 1. The van der Waals surface area contributed by atoms with Crippen LogP contribution in [-0.4, -0.2) is 21.5 Å². The Kier molecular flexibility index (Phi) is 3.07. The molecule has 120 valence electrons. The van der Waals surface area contributed by atoms with Gasteiger partial charge in [0.25, 0.3) is 5.91 Å². The molecule has 4 rings (SSSR count). The van der Waals surface area contributed by atoms with E-state index in [1.807, 2.05) is 22.7 Å². The van der Waals surface area contributed by atoms with E-state index in [1.165, 1.54) is 30.7 Å². The maximum atomic E-state index is 13.7. The summed E-state index contributed by atoms with van der Waals surface area (Å²) in [6.45, 7) is 0. The van der Waals surface area contributed by atoms with Gasteiger partial charge in [-0.25, -0.2) is 15.2 Å². The summed E-state index contributed by atoms with van der Waals surface area (Å²) in [6.07, 6.45) is 6.30. The molecule has 3 heterocycles. The second-order valence-electron chi connectivity index (χ2n) is 5.38. The fraction of sp³-hybridized carbons (Fsp3) is 0.0625. The van der Waals surface area contributed by atoms with Crippen LogP contribution in [-0.2, 0) is 10.3 Å². The smallest absolute Gasteiger partial charge is 0.271 e. The van der Waals surface area contributed by atoms with Gasteiger partial charge < -0.3 is 9.72 Å². The van der Waals surface area contributed by atoms with Crippen molar-refractivity contribution >= 4 is 28.7 Å². The molecule has 1 amide bonds. The van der Waals surface area contributed by atoms with Crippen LogP contribution in [0.15, 0.2) is 53.9 Å². The number of hydrogen-bond acceptors (Lipinski definition) is 5. The molecule has 0 saturated carbocycles. The van der Waals surface area contributed by atoms with Gasteiger partial charge in [0.15, 0.2) is 5.54 Å². The zero-order valence-corrected chi connectivity index (χ0v) is 12.4. The van der Waals surface area contributed by atoms with Crippen LogP contribution in [0.5, 0.6) is 0 Å². The van der Waals surface area contributed by atoms with Crippen LogP contribution < -0.4 is 16.6 Å². The van der Waals surface area contributed by atoms with Crippen LogP contribution >= 0.6 is 0 Å². The summed E-state index contributed by atoms with van der Waals surface area (Å²) in [6, 6.07) is 7.99. The lowest BCUT2D eigenvalue weighted by Gasteiger charge is -2.30. The number of benzene rings is 1. The van der Waals surface area contributed by atoms with Crippen molar-refractivity contribution in [3.05, 3.63) is 60.4 Å². The largest absolute Gasteiger partial charge is 0.367 e. The Morgan fingerprint density at radius 2 is 2.21 bits per heavy atom. The first-order valence-corrected chi connectivity index (χ1v) is 7.20. The SMILES string of the molecule is NNC(=O)C1(c2nc3cc(F)ccc3n3cccc23)C=NC=CN1. The van der Waals surface area contributed by atoms with Crippen LogP contribution in [0.25, 0.3) is 16.6 Å². The number of rotatable bonds is 2. The van der Waals surface area contributed by atoms with Gasteiger partial charge in [-0.05, 0) is 24.3 Å². The summed E-state index contributed by atoms with van der Waals surface area (Å²) in [5.74, 6) is 4.43. The molecule has 1 atom stereocenters. The number of nitrogens with one attached hydrogen (secondary N) is 2. The highest BCUT2D eigenvalue weighted by molar-refractivity contribution is 6.06. The Balaban J connectivity index is 2.10. The Hall–Kier alpha value is -3.26. The van der Waals surface area contributed by atoms with E-state index in [2.05, 4.69) is 20.7 Å². The normalized spacial score (nSPS) is 19.6. The minimum Gasteiger partial charge on any atom is -0.367 e. The first-order chi connectivity index (χ1) is 11.7. The van der Waals surface area contributed by atoms with Crippen molar-refractivity contribution in [1.29, 1.82) is 0 Å². The fourth-order valence-electron chi connectivity index (χ4n) is 2.92. The van der Waals surface area contributed by atoms with Gasteiger partial charge in [-0.15, -0.1) is 0 Å². The molecule has 4 N–H and O–H groups in total. The average molecular weight is 324 g/mol. The maximum Gasteiger partial charge on any atom is 0.271 e. The van der Waals surface area contributed by atoms with Gasteiger partial charge in [-0.2, -0.15) is 0 Å². The van der Waals surface area contributed by atoms with Crippen LogP contribution in [0.2, 0.25) is 0 Å². The molecule has 1 unspecified atom stereocenters. The summed E-state index contributed by atoms with van der Waals surface area (Å²) in [4.78, 5) is 21.1. The number of aliphatic imine (C=N–C) groups is 1. The summed E-state index contributed by atoms with van der Waals surface area (Å²) in [5, 5.41) is 2.97. The molecule has 7 nitrogen and oxygen atoms in total. The highest BCUT2D eigenvalue weighted by Gasteiger charge is 2.42. The van der Waals surface area contributed by atoms with Gasteiger partial charge >= 0.3 is 0 Å². The molecule has 0 radical (unpaired) electrons. The molecule has 0 fully saturated rings. The van der Waals surface area contributed by atoms with E-state index < -0.39 is 17.3 Å². The van der Waals surface area contributed by atoms with Crippen LogP contribution in [0.1, 0.15) is 5.69 Å². The molecular formula is C16H13FN6O. The molecule has 0 aliphatic carbocycles. The minimum absolute atomic E-state index is 0.377. The maximum absolute atomic E-state index is 13.7. The fourth-order valence-corrected chi connectivity index (χ4v) is 2.92. The standard InChI is InChI=1S/C16H13FN6O/c17-10-3-4-12-11(8-10)21-14(13-2-1-7-23(12)13)16(15(24)22-18)9-19-5-6-20-16/h1-9,20H,18H2,(H,22,24). The van der Waals surface area contributed by atoms with Gasteiger partial charge in [0.2, 0.25) is 0 Å². The number of fused-ring (bicyclic) bond motifs is 3. The second kappa shape index (κ2) is 5.14. The van der Waals surface area contributed by atoms with E-state index in [4.69, 9.17) is 5.84 Å². The highest BCUT2D eigenvalue weighted by Crippen LogP contribution is 2.28. The highest BCUT2D eigenvalue weighted by atomic mass is 19.1. The zero-order chi connectivity index (χ0) is 16.7. The number of halogens is 1. The van der Waals surface area contributed by atoms with Crippen molar-refractivity contribution in [3.63, 3.8) is 0 Å². The van der Waals surface area contributed by atoms with Gasteiger partial charge in [-0.1, -0.05) is 0 Å². The predicted octanol–water partition coefficient (Wildman–Crippen LogP) is 0.957. The Morgan fingerprint density at radius 1 is 1.33 bits per heavy atom. The van der Waals surface area contributed by atoms with Crippen molar-refractivity contribution in [2.24, 2.45) is 10.8 Å². The molecule has 1 aromatic carbocycles. The number of carbonyl (C=O) groups is 1. The van der Waals surface area contributed by atoms with E-state index in [9.17, 15) is 9.18 Å². The van der Waals surface area contributed by atoms with E-state index in [0.717, 1.165) is 5.52 Å². The van der Waals surface area contributed by atoms with Gasteiger partial charge in [-0.3, -0.25) is 15.2 Å². The second-order valence-corrected chi connectivity index (χ2v) is 5.38.